The highest BCUT2D eigenvalue weighted by molar-refractivity contribution is 5.96. The van der Waals surface area contributed by atoms with Gasteiger partial charge in [-0.3, -0.25) is 14.9 Å². The third-order valence-electron chi connectivity index (χ3n) is 4.52. The number of carboxylic acids is 1. The lowest BCUT2D eigenvalue weighted by atomic mass is 10.2. The third kappa shape index (κ3) is 3.36. The summed E-state index contributed by atoms with van der Waals surface area (Å²) in [4.78, 5) is 35.9. The summed E-state index contributed by atoms with van der Waals surface area (Å²) in [6.45, 7) is 1.72. The molecule has 1 fully saturated rings. The zero-order valence-electron chi connectivity index (χ0n) is 14.6. The van der Waals surface area contributed by atoms with E-state index in [4.69, 9.17) is 4.74 Å². The molecule has 1 aromatic carbocycles. The highest BCUT2D eigenvalue weighted by Gasteiger charge is 2.41. The van der Waals surface area contributed by atoms with Crippen LogP contribution < -0.4 is 0 Å². The second-order valence-electron chi connectivity index (χ2n) is 6.12. The highest BCUT2D eigenvalue weighted by atomic mass is 16.6. The summed E-state index contributed by atoms with van der Waals surface area (Å²) in [5, 5.41) is 28.1. The number of carboxylic acid groups (broad SMARTS) is 1. The molecule has 142 valence electrons. The van der Waals surface area contributed by atoms with Gasteiger partial charge in [-0.25, -0.2) is 9.48 Å². The van der Waals surface area contributed by atoms with E-state index in [2.05, 4.69) is 10.3 Å². The van der Waals surface area contributed by atoms with Crippen molar-refractivity contribution >= 4 is 17.6 Å². The molecular weight excluding hydrogens is 358 g/mol. The molecule has 0 saturated carbocycles. The van der Waals surface area contributed by atoms with Gasteiger partial charge in [0.1, 0.15) is 6.04 Å². The predicted octanol–water partition coefficient (Wildman–Crippen LogP) is 0.798. The normalized spacial score (nSPS) is 19.3. The lowest BCUT2D eigenvalue weighted by Crippen LogP contribution is -2.41. The number of non-ortho nitro benzene ring substituents is 1. The molecule has 1 aliphatic heterocycles. The van der Waals surface area contributed by atoms with E-state index in [1.54, 1.807) is 13.0 Å². The number of carbonyl (C=O) groups is 2. The van der Waals surface area contributed by atoms with Crippen molar-refractivity contribution in [3.63, 3.8) is 0 Å². The molecule has 0 aliphatic carbocycles. The van der Waals surface area contributed by atoms with Crippen LogP contribution in [0.2, 0.25) is 0 Å². The Kier molecular flexibility index (Phi) is 4.86. The molecule has 1 saturated heterocycles. The van der Waals surface area contributed by atoms with E-state index in [1.165, 1.54) is 34.9 Å². The van der Waals surface area contributed by atoms with Gasteiger partial charge in [-0.2, -0.15) is 0 Å². The van der Waals surface area contributed by atoms with Gasteiger partial charge in [0, 0.05) is 32.2 Å². The monoisotopic (exact) mass is 375 g/mol. The summed E-state index contributed by atoms with van der Waals surface area (Å²) >= 11 is 0. The second kappa shape index (κ2) is 7.11. The molecule has 11 nitrogen and oxygen atoms in total. The number of hydrogen-bond acceptors (Lipinski definition) is 7. The van der Waals surface area contributed by atoms with Crippen molar-refractivity contribution in [3.8, 4) is 5.69 Å². The van der Waals surface area contributed by atoms with E-state index < -0.39 is 22.8 Å². The molecule has 1 N–H and O–H groups in total. The first-order valence-corrected chi connectivity index (χ1v) is 8.07. The number of aliphatic carboxylic acids is 1. The second-order valence-corrected chi connectivity index (χ2v) is 6.12. The SMILES string of the molecule is COC1CC(C(=O)O)N(C(=O)c2nnn(-c3cccc([N+](=O)[O-])c3)c2C)C1. The number of nitro groups is 1. The maximum atomic E-state index is 12.8. The van der Waals surface area contributed by atoms with Gasteiger partial charge in [0.25, 0.3) is 11.6 Å². The first-order chi connectivity index (χ1) is 12.8. The number of methoxy groups -OCH3 is 1. The molecule has 0 radical (unpaired) electrons. The van der Waals surface area contributed by atoms with Crippen molar-refractivity contribution in [3.05, 3.63) is 45.8 Å². The van der Waals surface area contributed by atoms with Gasteiger partial charge in [0.05, 0.1) is 22.4 Å². The quantitative estimate of drug-likeness (QED) is 0.597. The van der Waals surface area contributed by atoms with Crippen molar-refractivity contribution in [2.45, 2.75) is 25.5 Å². The first-order valence-electron chi connectivity index (χ1n) is 8.07. The summed E-state index contributed by atoms with van der Waals surface area (Å²) in [6, 6.07) is 4.74. The molecule has 2 atom stereocenters. The van der Waals surface area contributed by atoms with Crippen LogP contribution in [0.15, 0.2) is 24.3 Å². The molecule has 2 heterocycles. The van der Waals surface area contributed by atoms with E-state index in [1.807, 2.05) is 0 Å². The fourth-order valence-electron chi connectivity index (χ4n) is 3.07. The Morgan fingerprint density at radius 3 is 2.78 bits per heavy atom. The van der Waals surface area contributed by atoms with Crippen LogP contribution in [0.3, 0.4) is 0 Å². The van der Waals surface area contributed by atoms with E-state index in [-0.39, 0.29) is 30.5 Å². The van der Waals surface area contributed by atoms with Crippen molar-refractivity contribution in [1.29, 1.82) is 0 Å². The molecule has 27 heavy (non-hydrogen) atoms. The average molecular weight is 375 g/mol. The van der Waals surface area contributed by atoms with Crippen molar-refractivity contribution in [2.24, 2.45) is 0 Å². The molecule has 1 aliphatic rings. The maximum absolute atomic E-state index is 12.8. The van der Waals surface area contributed by atoms with Crippen LogP contribution in [0.5, 0.6) is 0 Å². The van der Waals surface area contributed by atoms with Gasteiger partial charge in [-0.05, 0) is 13.0 Å². The largest absolute Gasteiger partial charge is 0.480 e. The molecule has 11 heteroatoms. The van der Waals surface area contributed by atoms with Crippen LogP contribution in [0.25, 0.3) is 5.69 Å². The lowest BCUT2D eigenvalue weighted by Gasteiger charge is -2.20. The third-order valence-corrected chi connectivity index (χ3v) is 4.52. The number of rotatable bonds is 5. The predicted molar refractivity (Wildman–Crippen MR) is 90.6 cm³/mol. The van der Waals surface area contributed by atoms with Gasteiger partial charge in [-0.15, -0.1) is 5.10 Å². The molecule has 0 spiro atoms. The van der Waals surface area contributed by atoms with Gasteiger partial charge >= 0.3 is 5.97 Å². The zero-order valence-corrected chi connectivity index (χ0v) is 14.6. The fraction of sp³-hybridized carbons (Fsp3) is 0.375. The molecule has 0 bridgehead atoms. The average Bonchev–Trinajstić information content (AvgIpc) is 3.25. The molecule has 3 rings (SSSR count). The Morgan fingerprint density at radius 1 is 1.41 bits per heavy atom. The van der Waals surface area contributed by atoms with Crippen molar-refractivity contribution < 1.29 is 24.4 Å². The first kappa shape index (κ1) is 18.5. The van der Waals surface area contributed by atoms with Crippen molar-refractivity contribution in [2.75, 3.05) is 13.7 Å². The number of nitro benzene ring substituents is 1. The molecule has 1 amide bonds. The molecule has 2 aromatic rings. The number of aromatic nitrogens is 3. The lowest BCUT2D eigenvalue weighted by molar-refractivity contribution is -0.384. The Morgan fingerprint density at radius 2 is 2.15 bits per heavy atom. The van der Waals surface area contributed by atoms with Crippen LogP contribution in [0.4, 0.5) is 5.69 Å². The Hall–Kier alpha value is -3.34. The van der Waals surface area contributed by atoms with Crippen LogP contribution in [-0.2, 0) is 9.53 Å². The van der Waals surface area contributed by atoms with Crippen LogP contribution in [0, 0.1) is 17.0 Å². The smallest absolute Gasteiger partial charge is 0.326 e. The minimum absolute atomic E-state index is 0.00971. The van der Waals surface area contributed by atoms with E-state index in [9.17, 15) is 24.8 Å². The number of likely N-dealkylation sites (tertiary alicyclic amines) is 1. The van der Waals surface area contributed by atoms with Crippen LogP contribution in [0.1, 0.15) is 22.6 Å². The summed E-state index contributed by atoms with van der Waals surface area (Å²) in [6.07, 6.45) is -0.183. The minimum Gasteiger partial charge on any atom is -0.480 e. The Bertz CT molecular complexity index is 910. The van der Waals surface area contributed by atoms with Crippen molar-refractivity contribution in [1.82, 2.24) is 19.9 Å². The summed E-state index contributed by atoms with van der Waals surface area (Å²) in [5.74, 6) is -1.69. The van der Waals surface area contributed by atoms with Crippen LogP contribution >= 0.6 is 0 Å². The van der Waals surface area contributed by atoms with Gasteiger partial charge in [0.15, 0.2) is 5.69 Å². The molecule has 1 aromatic heterocycles. The maximum Gasteiger partial charge on any atom is 0.326 e. The number of hydrogen-bond donors (Lipinski definition) is 1. The number of nitrogens with zero attached hydrogens (tertiary/aromatic N) is 5. The summed E-state index contributed by atoms with van der Waals surface area (Å²) < 4.78 is 6.49. The van der Waals surface area contributed by atoms with Gasteiger partial charge in [0.2, 0.25) is 0 Å². The van der Waals surface area contributed by atoms with E-state index in [0.29, 0.717) is 11.4 Å². The van der Waals surface area contributed by atoms with Crippen LogP contribution in [-0.4, -0.2) is 67.6 Å². The number of carbonyl (C=O) groups excluding carboxylic acids is 1. The topological polar surface area (TPSA) is 141 Å². The highest BCUT2D eigenvalue weighted by Crippen LogP contribution is 2.24. The number of benzene rings is 1. The molecular formula is C16H17N5O6. The van der Waals surface area contributed by atoms with E-state index >= 15 is 0 Å². The van der Waals surface area contributed by atoms with Gasteiger partial charge < -0.3 is 14.7 Å². The fourth-order valence-corrected chi connectivity index (χ4v) is 3.07. The Labute approximate surface area is 153 Å². The minimum atomic E-state index is -1.12. The number of amides is 1. The van der Waals surface area contributed by atoms with Gasteiger partial charge in [-0.1, -0.05) is 11.3 Å². The standard InChI is InChI=1S/C16H17N5O6/c1-9-14(15(22)19-8-12(27-2)7-13(19)16(23)24)17-18-20(9)10-4-3-5-11(6-10)21(25)26/h3-6,12-13H,7-8H2,1-2H3,(H,23,24). The summed E-state index contributed by atoms with van der Waals surface area (Å²) in [7, 11) is 1.46. The Balaban J connectivity index is 1.93. The summed E-state index contributed by atoms with van der Waals surface area (Å²) in [5.41, 5.74) is 0.595. The molecule has 2 unspecified atom stereocenters. The zero-order chi connectivity index (χ0) is 19.7. The number of ether oxygens (including phenoxy) is 1. The van der Waals surface area contributed by atoms with E-state index in [0.717, 1.165) is 0 Å².